The number of thiazole rings is 1. The lowest BCUT2D eigenvalue weighted by molar-refractivity contribution is 0.0950. The molecule has 0 fully saturated rings. The van der Waals surface area contributed by atoms with Gasteiger partial charge in [0.1, 0.15) is 10.7 Å². The highest BCUT2D eigenvalue weighted by atomic mass is 32.2. The fraction of sp³-hybridized carbons (Fsp3) is 0.190. The summed E-state index contributed by atoms with van der Waals surface area (Å²) in [6.45, 7) is 3.82. The van der Waals surface area contributed by atoms with Gasteiger partial charge in [-0.15, -0.1) is 11.3 Å². The first-order valence-electron chi connectivity index (χ1n) is 9.13. The molecule has 0 saturated carbocycles. The Balaban J connectivity index is 1.67. The number of halogens is 1. The lowest BCUT2D eigenvalue weighted by Gasteiger charge is -2.16. The van der Waals surface area contributed by atoms with E-state index in [1.807, 2.05) is 26.0 Å². The summed E-state index contributed by atoms with van der Waals surface area (Å²) in [4.78, 5) is 15.6. The Morgan fingerprint density at radius 1 is 1.23 bits per heavy atom. The molecule has 1 heterocycles. The van der Waals surface area contributed by atoms with Crippen molar-refractivity contribution < 1.29 is 17.6 Å². The van der Waals surface area contributed by atoms with Crippen molar-refractivity contribution in [2.45, 2.75) is 30.7 Å². The van der Waals surface area contributed by atoms with Gasteiger partial charge in [-0.1, -0.05) is 24.3 Å². The van der Waals surface area contributed by atoms with Crippen molar-refractivity contribution in [3.63, 3.8) is 0 Å². The van der Waals surface area contributed by atoms with Crippen LogP contribution in [0, 0.1) is 17.1 Å². The van der Waals surface area contributed by atoms with E-state index in [1.165, 1.54) is 12.3 Å². The Labute approximate surface area is 183 Å². The fourth-order valence-electron chi connectivity index (χ4n) is 2.69. The van der Waals surface area contributed by atoms with Crippen LogP contribution < -0.4 is 10.0 Å². The number of sulfonamides is 1. The van der Waals surface area contributed by atoms with E-state index >= 15 is 0 Å². The van der Waals surface area contributed by atoms with Gasteiger partial charge in [0, 0.05) is 23.7 Å². The maximum atomic E-state index is 14.4. The standard InChI is InChI=1S/C21H19FN4O3S2/c1-21(2,13-23)16-6-3-14(4-7-16)12-25-19(27)15-5-8-18(17(22)11-15)31(28,29)26-20-24-9-10-30-20/h3-11H,12H2,1-2H3,(H,24,26)(H,25,27). The van der Waals surface area contributed by atoms with Crippen LogP contribution >= 0.6 is 11.3 Å². The van der Waals surface area contributed by atoms with Crippen LogP contribution in [0.15, 0.2) is 58.9 Å². The molecule has 10 heteroatoms. The van der Waals surface area contributed by atoms with Gasteiger partial charge in [-0.2, -0.15) is 5.26 Å². The third-order valence-electron chi connectivity index (χ3n) is 4.55. The number of nitriles is 1. The number of benzene rings is 2. The van der Waals surface area contributed by atoms with E-state index in [0.29, 0.717) is 0 Å². The molecule has 2 aromatic carbocycles. The van der Waals surface area contributed by atoms with Crippen LogP contribution in [-0.4, -0.2) is 19.3 Å². The van der Waals surface area contributed by atoms with Gasteiger partial charge in [0.15, 0.2) is 5.13 Å². The number of nitrogens with one attached hydrogen (secondary N) is 2. The molecule has 1 aromatic heterocycles. The summed E-state index contributed by atoms with van der Waals surface area (Å²) in [6, 6.07) is 12.6. The van der Waals surface area contributed by atoms with Crippen molar-refractivity contribution in [3.8, 4) is 6.07 Å². The van der Waals surface area contributed by atoms with E-state index in [2.05, 4.69) is 21.1 Å². The summed E-state index contributed by atoms with van der Waals surface area (Å²) < 4.78 is 41.3. The molecule has 0 atom stereocenters. The van der Waals surface area contributed by atoms with Gasteiger partial charge in [-0.05, 0) is 43.2 Å². The number of amides is 1. The molecule has 7 nitrogen and oxygen atoms in total. The number of carbonyl (C=O) groups excluding carboxylic acids is 1. The molecule has 3 rings (SSSR count). The summed E-state index contributed by atoms with van der Waals surface area (Å²) >= 11 is 1.06. The molecule has 0 aliphatic heterocycles. The minimum Gasteiger partial charge on any atom is -0.348 e. The van der Waals surface area contributed by atoms with Gasteiger partial charge in [0.05, 0.1) is 11.5 Å². The molecule has 0 spiro atoms. The Morgan fingerprint density at radius 3 is 2.52 bits per heavy atom. The lowest BCUT2D eigenvalue weighted by atomic mass is 9.86. The summed E-state index contributed by atoms with van der Waals surface area (Å²) in [5.74, 6) is -1.59. The molecule has 0 unspecified atom stereocenters. The largest absolute Gasteiger partial charge is 0.348 e. The molecule has 31 heavy (non-hydrogen) atoms. The summed E-state index contributed by atoms with van der Waals surface area (Å²) in [5, 5.41) is 13.6. The van der Waals surface area contributed by atoms with E-state index < -0.39 is 32.1 Å². The van der Waals surface area contributed by atoms with E-state index in [4.69, 9.17) is 0 Å². The van der Waals surface area contributed by atoms with Crippen molar-refractivity contribution in [3.05, 3.63) is 76.5 Å². The van der Waals surface area contributed by atoms with Crippen LogP contribution in [0.5, 0.6) is 0 Å². The predicted molar refractivity (Wildman–Crippen MR) is 116 cm³/mol. The number of aromatic nitrogens is 1. The zero-order valence-electron chi connectivity index (χ0n) is 16.7. The summed E-state index contributed by atoms with van der Waals surface area (Å²) in [6.07, 6.45) is 1.42. The number of anilines is 1. The first kappa shape index (κ1) is 22.4. The van der Waals surface area contributed by atoms with Crippen molar-refractivity contribution in [2.75, 3.05) is 4.72 Å². The molecule has 0 aliphatic rings. The van der Waals surface area contributed by atoms with Crippen LogP contribution in [0.4, 0.5) is 9.52 Å². The molecule has 2 N–H and O–H groups in total. The van der Waals surface area contributed by atoms with Crippen LogP contribution in [0.2, 0.25) is 0 Å². The van der Waals surface area contributed by atoms with Gasteiger partial charge in [-0.3, -0.25) is 9.52 Å². The molecule has 1 amide bonds. The molecule has 0 saturated heterocycles. The quantitative estimate of drug-likeness (QED) is 0.559. The fourth-order valence-corrected chi connectivity index (χ4v) is 4.54. The molecule has 160 valence electrons. The number of hydrogen-bond acceptors (Lipinski definition) is 6. The third-order valence-corrected chi connectivity index (χ3v) is 6.74. The molecular formula is C21H19FN4O3S2. The molecule has 3 aromatic rings. The highest BCUT2D eigenvalue weighted by Crippen LogP contribution is 2.23. The van der Waals surface area contributed by atoms with E-state index in [-0.39, 0.29) is 17.2 Å². The minimum absolute atomic E-state index is 0.00654. The first-order valence-corrected chi connectivity index (χ1v) is 11.5. The van der Waals surface area contributed by atoms with Crippen molar-refractivity contribution in [2.24, 2.45) is 0 Å². The average molecular weight is 459 g/mol. The zero-order valence-corrected chi connectivity index (χ0v) is 18.3. The minimum atomic E-state index is -4.16. The van der Waals surface area contributed by atoms with E-state index in [1.54, 1.807) is 17.5 Å². The second kappa shape index (κ2) is 8.83. The zero-order chi connectivity index (χ0) is 22.6. The van der Waals surface area contributed by atoms with Gasteiger partial charge < -0.3 is 5.32 Å². The lowest BCUT2D eigenvalue weighted by Crippen LogP contribution is -2.23. The third kappa shape index (κ3) is 5.25. The smallest absolute Gasteiger partial charge is 0.266 e. The molecule has 0 bridgehead atoms. The van der Waals surface area contributed by atoms with E-state index in [0.717, 1.165) is 34.6 Å². The number of nitrogens with zero attached hydrogens (tertiary/aromatic N) is 2. The van der Waals surface area contributed by atoms with Gasteiger partial charge in [0.2, 0.25) is 0 Å². The SMILES string of the molecule is CC(C)(C#N)c1ccc(CNC(=O)c2ccc(S(=O)(=O)Nc3nccs3)c(F)c2)cc1. The second-order valence-corrected chi connectivity index (χ2v) is 9.75. The first-order chi connectivity index (χ1) is 14.6. The second-order valence-electron chi connectivity index (χ2n) is 7.20. The van der Waals surface area contributed by atoms with Crippen LogP contribution in [0.3, 0.4) is 0 Å². The topological polar surface area (TPSA) is 112 Å². The Hall–Kier alpha value is -3.29. The van der Waals surface area contributed by atoms with Crippen molar-refractivity contribution in [1.29, 1.82) is 5.26 Å². The predicted octanol–water partition coefficient (Wildman–Crippen LogP) is 3.81. The highest BCUT2D eigenvalue weighted by molar-refractivity contribution is 7.93. The van der Waals surface area contributed by atoms with Gasteiger partial charge in [0.25, 0.3) is 15.9 Å². The van der Waals surface area contributed by atoms with Crippen molar-refractivity contribution in [1.82, 2.24) is 10.3 Å². The summed E-state index contributed by atoms with van der Waals surface area (Å²) in [5.41, 5.74) is 1.04. The maximum Gasteiger partial charge on any atom is 0.266 e. The van der Waals surface area contributed by atoms with Crippen LogP contribution in [0.1, 0.15) is 35.3 Å². The molecule has 0 radical (unpaired) electrons. The summed E-state index contributed by atoms with van der Waals surface area (Å²) in [7, 11) is -4.16. The van der Waals surface area contributed by atoms with Crippen LogP contribution in [-0.2, 0) is 22.0 Å². The van der Waals surface area contributed by atoms with E-state index in [9.17, 15) is 22.9 Å². The molecule has 0 aliphatic carbocycles. The normalized spacial score (nSPS) is 11.5. The molecular weight excluding hydrogens is 439 g/mol. The number of rotatable bonds is 7. The number of hydrogen-bond donors (Lipinski definition) is 2. The monoisotopic (exact) mass is 458 g/mol. The maximum absolute atomic E-state index is 14.4. The van der Waals surface area contributed by atoms with Gasteiger partial charge >= 0.3 is 0 Å². The Kier molecular flexibility index (Phi) is 6.38. The van der Waals surface area contributed by atoms with Crippen LogP contribution in [0.25, 0.3) is 0 Å². The highest BCUT2D eigenvalue weighted by Gasteiger charge is 2.22. The number of carbonyl (C=O) groups is 1. The van der Waals surface area contributed by atoms with Gasteiger partial charge in [-0.25, -0.2) is 17.8 Å². The average Bonchev–Trinajstić information content (AvgIpc) is 3.24. The Bertz CT molecular complexity index is 1230. The van der Waals surface area contributed by atoms with Crippen molar-refractivity contribution >= 4 is 32.4 Å². The Morgan fingerprint density at radius 2 is 1.94 bits per heavy atom.